The Morgan fingerprint density at radius 3 is 2.52 bits per heavy atom. The van der Waals surface area contributed by atoms with Gasteiger partial charge in [-0.3, -0.25) is 0 Å². The molecule has 0 saturated carbocycles. The fraction of sp³-hybridized carbons (Fsp3) is 0.526. The summed E-state index contributed by atoms with van der Waals surface area (Å²) in [6.45, 7) is 1.27. The molecule has 1 aliphatic heterocycles. The van der Waals surface area contributed by atoms with Crippen LogP contribution in [0.5, 0.6) is 0 Å². The van der Waals surface area contributed by atoms with Gasteiger partial charge in [0.05, 0.1) is 24.5 Å². The van der Waals surface area contributed by atoms with Crippen molar-refractivity contribution < 1.29 is 13.5 Å². The van der Waals surface area contributed by atoms with E-state index in [1.165, 1.54) is 28.3 Å². The summed E-state index contributed by atoms with van der Waals surface area (Å²) >= 11 is 0. The van der Waals surface area contributed by atoms with Crippen molar-refractivity contribution in [3.63, 3.8) is 0 Å². The van der Waals surface area contributed by atoms with E-state index in [1.54, 1.807) is 6.92 Å². The van der Waals surface area contributed by atoms with E-state index in [2.05, 4.69) is 12.1 Å². The van der Waals surface area contributed by atoms with Crippen molar-refractivity contribution >= 4 is 15.6 Å². The van der Waals surface area contributed by atoms with Crippen LogP contribution < -0.4 is 0 Å². The van der Waals surface area contributed by atoms with Gasteiger partial charge in [-0.15, -0.1) is 0 Å². The maximum absolute atomic E-state index is 12.2. The maximum atomic E-state index is 12.2. The molecular formula is C19H24N2O3S. The number of nitriles is 1. The first kappa shape index (κ1) is 18.1. The third kappa shape index (κ3) is 3.24. The number of nitrogens with zero attached hydrogens (tertiary/aromatic N) is 2. The van der Waals surface area contributed by atoms with E-state index in [9.17, 15) is 18.8 Å². The number of rotatable bonds is 5. The Kier molecular flexibility index (Phi) is 5.28. The molecule has 0 unspecified atom stereocenters. The van der Waals surface area contributed by atoms with E-state index in [1.807, 2.05) is 24.3 Å². The summed E-state index contributed by atoms with van der Waals surface area (Å²) in [5.74, 6) is -0.354. The fourth-order valence-electron chi connectivity index (χ4n) is 3.92. The van der Waals surface area contributed by atoms with E-state index in [0.717, 1.165) is 18.4 Å². The molecule has 2 aliphatic rings. The van der Waals surface area contributed by atoms with Crippen LogP contribution in [0.2, 0.25) is 0 Å². The lowest BCUT2D eigenvalue weighted by atomic mass is 9.78. The first-order valence-corrected chi connectivity index (χ1v) is 10.5. The van der Waals surface area contributed by atoms with E-state index in [0.29, 0.717) is 0 Å². The van der Waals surface area contributed by atoms with Crippen LogP contribution in [0, 0.1) is 11.3 Å². The average molecular weight is 360 g/mol. The van der Waals surface area contributed by atoms with Gasteiger partial charge in [-0.05, 0) is 49.3 Å². The standard InChI is InChI=1S/C19H24N2O3S/c1-2-25(23,24)21-17(12-20)19(18(21)13-22)16-10-8-15(9-11-16)14-6-4-3-5-7-14/h6,8-11,17-19,22H,2-5,7,13H2,1H3/t17-,18+,19+/m0/s1. The summed E-state index contributed by atoms with van der Waals surface area (Å²) in [7, 11) is -3.51. The quantitative estimate of drug-likeness (QED) is 0.875. The molecule has 25 heavy (non-hydrogen) atoms. The number of allylic oxidation sites excluding steroid dienone is 2. The van der Waals surface area contributed by atoms with Crippen LogP contribution in [0.4, 0.5) is 0 Å². The number of benzene rings is 1. The molecule has 6 heteroatoms. The highest BCUT2D eigenvalue weighted by molar-refractivity contribution is 7.89. The van der Waals surface area contributed by atoms with E-state index in [4.69, 9.17) is 0 Å². The van der Waals surface area contributed by atoms with Gasteiger partial charge >= 0.3 is 0 Å². The lowest BCUT2D eigenvalue weighted by Crippen LogP contribution is -2.65. The van der Waals surface area contributed by atoms with Crippen molar-refractivity contribution in [1.29, 1.82) is 5.26 Å². The predicted molar refractivity (Wildman–Crippen MR) is 97.2 cm³/mol. The summed E-state index contributed by atoms with van der Waals surface area (Å²) in [5, 5.41) is 19.2. The van der Waals surface area contributed by atoms with Crippen LogP contribution in [0.15, 0.2) is 30.3 Å². The fourth-order valence-corrected chi connectivity index (χ4v) is 5.35. The minimum atomic E-state index is -3.51. The summed E-state index contributed by atoms with van der Waals surface area (Å²) in [5.41, 5.74) is 3.46. The summed E-state index contributed by atoms with van der Waals surface area (Å²) < 4.78 is 25.6. The van der Waals surface area contributed by atoms with Gasteiger partial charge in [0.25, 0.3) is 0 Å². The van der Waals surface area contributed by atoms with Gasteiger partial charge < -0.3 is 5.11 Å². The number of aliphatic hydroxyl groups excluding tert-OH is 1. The second-order valence-corrected chi connectivity index (χ2v) is 8.84. The van der Waals surface area contributed by atoms with Crippen molar-refractivity contribution in [2.24, 2.45) is 0 Å². The average Bonchev–Trinajstić information content (AvgIpc) is 2.63. The highest BCUT2D eigenvalue weighted by Gasteiger charge is 2.54. The number of hydrogen-bond acceptors (Lipinski definition) is 4. The van der Waals surface area contributed by atoms with Crippen LogP contribution in [0.25, 0.3) is 5.57 Å². The van der Waals surface area contributed by atoms with Crippen molar-refractivity contribution in [2.45, 2.75) is 50.6 Å². The first-order valence-electron chi connectivity index (χ1n) is 8.84. The Hall–Kier alpha value is -1.68. The molecule has 1 saturated heterocycles. The van der Waals surface area contributed by atoms with Crippen LogP contribution in [-0.4, -0.2) is 42.3 Å². The topological polar surface area (TPSA) is 81.4 Å². The number of aliphatic hydroxyl groups is 1. The van der Waals surface area contributed by atoms with Crippen LogP contribution >= 0.6 is 0 Å². The minimum Gasteiger partial charge on any atom is -0.395 e. The van der Waals surface area contributed by atoms with Gasteiger partial charge in [-0.1, -0.05) is 30.3 Å². The Morgan fingerprint density at radius 2 is 2.00 bits per heavy atom. The third-order valence-electron chi connectivity index (χ3n) is 5.32. The number of sulfonamides is 1. The van der Waals surface area contributed by atoms with E-state index < -0.39 is 22.1 Å². The highest BCUT2D eigenvalue weighted by Crippen LogP contribution is 2.42. The molecule has 5 nitrogen and oxygen atoms in total. The van der Waals surface area contributed by atoms with Gasteiger partial charge in [0.1, 0.15) is 6.04 Å². The van der Waals surface area contributed by atoms with Crippen LogP contribution in [0.3, 0.4) is 0 Å². The number of hydrogen-bond donors (Lipinski definition) is 1. The normalized spacial score (nSPS) is 27.2. The third-order valence-corrected chi connectivity index (χ3v) is 7.19. The Balaban J connectivity index is 1.86. The van der Waals surface area contributed by atoms with E-state index >= 15 is 0 Å². The van der Waals surface area contributed by atoms with Gasteiger partial charge in [-0.2, -0.15) is 9.57 Å². The molecule has 1 aromatic rings. The van der Waals surface area contributed by atoms with Crippen LogP contribution in [0.1, 0.15) is 49.7 Å². The van der Waals surface area contributed by atoms with Crippen LogP contribution in [-0.2, 0) is 10.0 Å². The second-order valence-electron chi connectivity index (χ2n) is 6.68. The second kappa shape index (κ2) is 7.28. The minimum absolute atomic E-state index is 0.0680. The monoisotopic (exact) mass is 360 g/mol. The van der Waals surface area contributed by atoms with Gasteiger partial charge in [0.15, 0.2) is 0 Å². The largest absolute Gasteiger partial charge is 0.395 e. The highest BCUT2D eigenvalue weighted by atomic mass is 32.2. The molecule has 0 bridgehead atoms. The van der Waals surface area contributed by atoms with Crippen molar-refractivity contribution in [2.75, 3.05) is 12.4 Å². The molecule has 1 aliphatic carbocycles. The zero-order valence-electron chi connectivity index (χ0n) is 14.4. The molecule has 0 radical (unpaired) electrons. The zero-order valence-corrected chi connectivity index (χ0v) is 15.2. The Bertz CT molecular complexity index is 793. The van der Waals surface area contributed by atoms with E-state index in [-0.39, 0.29) is 18.3 Å². The van der Waals surface area contributed by atoms with Crippen molar-refractivity contribution in [3.8, 4) is 6.07 Å². The zero-order chi connectivity index (χ0) is 18.0. The SMILES string of the molecule is CCS(=O)(=O)N1[C@H](CO)[C@H](c2ccc(C3=CCCCC3)cc2)[C@@H]1C#N. The lowest BCUT2D eigenvalue weighted by molar-refractivity contribution is 0.0558. The molecule has 0 amide bonds. The molecule has 3 rings (SSSR count). The molecule has 1 N–H and O–H groups in total. The molecule has 134 valence electrons. The molecule has 0 spiro atoms. The van der Waals surface area contributed by atoms with Crippen molar-refractivity contribution in [1.82, 2.24) is 4.31 Å². The van der Waals surface area contributed by atoms with Gasteiger partial charge in [0, 0.05) is 5.92 Å². The molecular weight excluding hydrogens is 336 g/mol. The molecule has 0 aromatic heterocycles. The maximum Gasteiger partial charge on any atom is 0.215 e. The Labute approximate surface area is 149 Å². The molecule has 3 atom stereocenters. The van der Waals surface area contributed by atoms with Gasteiger partial charge in [-0.25, -0.2) is 8.42 Å². The molecule has 1 fully saturated rings. The van der Waals surface area contributed by atoms with Crippen molar-refractivity contribution in [3.05, 3.63) is 41.5 Å². The molecule has 1 heterocycles. The summed E-state index contributed by atoms with van der Waals surface area (Å²) in [6, 6.07) is 8.84. The molecule has 1 aromatic carbocycles. The summed E-state index contributed by atoms with van der Waals surface area (Å²) in [4.78, 5) is 0. The van der Waals surface area contributed by atoms with Gasteiger partial charge in [0.2, 0.25) is 10.0 Å². The predicted octanol–water partition coefficient (Wildman–Crippen LogP) is 2.65. The Morgan fingerprint density at radius 1 is 1.28 bits per heavy atom. The lowest BCUT2D eigenvalue weighted by Gasteiger charge is -2.50. The first-order chi connectivity index (χ1) is 12.0. The smallest absolute Gasteiger partial charge is 0.215 e. The summed E-state index contributed by atoms with van der Waals surface area (Å²) in [6.07, 6.45) is 6.95.